The van der Waals surface area contributed by atoms with E-state index < -0.39 is 0 Å². The third-order valence-electron chi connectivity index (χ3n) is 3.89. The van der Waals surface area contributed by atoms with Crippen LogP contribution in [0.15, 0.2) is 48.5 Å². The summed E-state index contributed by atoms with van der Waals surface area (Å²) in [7, 11) is 1.67. The molecular formula is C17H18N2O3S2. The summed E-state index contributed by atoms with van der Waals surface area (Å²) in [6.45, 7) is 0.881. The Bertz CT molecular complexity index is 684. The minimum Gasteiger partial charge on any atom is -0.497 e. The van der Waals surface area contributed by atoms with E-state index in [1.807, 2.05) is 48.2 Å². The summed E-state index contributed by atoms with van der Waals surface area (Å²) in [4.78, 5) is 10.4. The molecule has 0 aromatic heterocycles. The molecule has 0 bridgehead atoms. The summed E-state index contributed by atoms with van der Waals surface area (Å²) < 4.78 is 7.47. The molecule has 0 unspecified atom stereocenters. The first-order chi connectivity index (χ1) is 11.7. The van der Waals surface area contributed by atoms with Crippen LogP contribution < -0.4 is 4.74 Å². The Hall–Kier alpha value is -1.70. The van der Waals surface area contributed by atoms with Gasteiger partial charge in [0.1, 0.15) is 5.75 Å². The van der Waals surface area contributed by atoms with Crippen LogP contribution in [0.3, 0.4) is 0 Å². The number of methoxy groups -OCH3 is 1. The van der Waals surface area contributed by atoms with Gasteiger partial charge in [-0.15, -0.1) is 0 Å². The van der Waals surface area contributed by atoms with Crippen molar-refractivity contribution in [1.82, 2.24) is 3.71 Å². The average molecular weight is 362 g/mol. The molecule has 1 heterocycles. The van der Waals surface area contributed by atoms with E-state index in [1.165, 1.54) is 11.1 Å². The normalized spacial score (nSPS) is 16.0. The molecule has 7 heteroatoms. The molecule has 0 aliphatic carbocycles. The lowest BCUT2D eigenvalue weighted by molar-refractivity contribution is -0.384. The monoisotopic (exact) mass is 362 g/mol. The third-order valence-corrected chi connectivity index (χ3v) is 6.45. The number of hydrogen-bond acceptors (Lipinski definition) is 6. The Kier molecular flexibility index (Phi) is 5.65. The second-order valence-corrected chi connectivity index (χ2v) is 7.77. The maximum Gasteiger partial charge on any atom is 0.269 e. The van der Waals surface area contributed by atoms with Gasteiger partial charge in [0.25, 0.3) is 5.69 Å². The molecule has 0 amide bonds. The second kappa shape index (κ2) is 7.92. The molecule has 2 aromatic carbocycles. The molecule has 1 saturated heterocycles. The van der Waals surface area contributed by atoms with Crippen molar-refractivity contribution in [2.45, 2.75) is 12.5 Å². The van der Waals surface area contributed by atoms with Gasteiger partial charge in [-0.05, 0) is 23.3 Å². The molecule has 2 aromatic rings. The Morgan fingerprint density at radius 1 is 1.12 bits per heavy atom. The largest absolute Gasteiger partial charge is 0.497 e. The Morgan fingerprint density at radius 3 is 2.29 bits per heavy atom. The fourth-order valence-corrected chi connectivity index (χ4v) is 5.07. The van der Waals surface area contributed by atoms with Crippen LogP contribution in [0.4, 0.5) is 5.69 Å². The van der Waals surface area contributed by atoms with Crippen LogP contribution >= 0.6 is 23.9 Å². The van der Waals surface area contributed by atoms with E-state index in [0.29, 0.717) is 5.92 Å². The minimum atomic E-state index is -0.356. The summed E-state index contributed by atoms with van der Waals surface area (Å²) in [5, 5.41) is 10.7. The zero-order valence-corrected chi connectivity index (χ0v) is 14.9. The fourth-order valence-electron chi connectivity index (χ4n) is 2.46. The fraction of sp³-hybridized carbons (Fsp3) is 0.294. The standard InChI is InChI=1S/C17H18N2O3S2/c1-22-17-8-2-13(3-9-17)10-18-23-11-15(12-24-18)14-4-6-16(7-5-14)19(20)21/h2-9,15H,10-12H2,1H3. The molecule has 0 saturated carbocycles. The van der Waals surface area contributed by atoms with E-state index in [9.17, 15) is 10.1 Å². The molecule has 0 atom stereocenters. The van der Waals surface area contributed by atoms with Crippen molar-refractivity contribution >= 4 is 29.6 Å². The van der Waals surface area contributed by atoms with Crippen LogP contribution in [0.5, 0.6) is 5.75 Å². The van der Waals surface area contributed by atoms with Crippen molar-refractivity contribution in [2.75, 3.05) is 18.6 Å². The second-order valence-electron chi connectivity index (χ2n) is 5.48. The van der Waals surface area contributed by atoms with Gasteiger partial charge in [0, 0.05) is 36.1 Å². The van der Waals surface area contributed by atoms with Gasteiger partial charge in [-0.1, -0.05) is 48.2 Å². The topological polar surface area (TPSA) is 55.6 Å². The number of hydrogen-bond donors (Lipinski definition) is 0. The molecule has 1 aliphatic heterocycles. The lowest BCUT2D eigenvalue weighted by Gasteiger charge is -2.30. The van der Waals surface area contributed by atoms with Crippen molar-refractivity contribution in [2.24, 2.45) is 0 Å². The van der Waals surface area contributed by atoms with E-state index in [4.69, 9.17) is 4.74 Å². The molecular weight excluding hydrogens is 344 g/mol. The van der Waals surface area contributed by atoms with E-state index in [-0.39, 0.29) is 10.6 Å². The van der Waals surface area contributed by atoms with Crippen LogP contribution in [-0.4, -0.2) is 27.2 Å². The van der Waals surface area contributed by atoms with Gasteiger partial charge >= 0.3 is 0 Å². The number of benzene rings is 2. The van der Waals surface area contributed by atoms with Crippen LogP contribution in [-0.2, 0) is 6.54 Å². The van der Waals surface area contributed by atoms with Gasteiger partial charge < -0.3 is 4.74 Å². The quantitative estimate of drug-likeness (QED) is 0.443. The molecule has 3 rings (SSSR count). The highest BCUT2D eigenvalue weighted by atomic mass is 32.2. The SMILES string of the molecule is COc1ccc(CN2SCC(c3ccc([N+](=O)[O-])cc3)CS2)cc1. The van der Waals surface area contributed by atoms with Crippen LogP contribution in [0, 0.1) is 10.1 Å². The van der Waals surface area contributed by atoms with E-state index >= 15 is 0 Å². The number of ether oxygens (including phenoxy) is 1. The molecule has 5 nitrogen and oxygen atoms in total. The van der Waals surface area contributed by atoms with Crippen LogP contribution in [0.25, 0.3) is 0 Å². The van der Waals surface area contributed by atoms with Gasteiger partial charge in [0.2, 0.25) is 0 Å². The Balaban J connectivity index is 1.54. The number of nitrogens with zero attached hydrogens (tertiary/aromatic N) is 2. The predicted molar refractivity (Wildman–Crippen MR) is 99.3 cm³/mol. The third kappa shape index (κ3) is 4.23. The van der Waals surface area contributed by atoms with Gasteiger partial charge in [-0.25, -0.2) is 0 Å². The highest BCUT2D eigenvalue weighted by Crippen LogP contribution is 2.38. The minimum absolute atomic E-state index is 0.149. The zero-order chi connectivity index (χ0) is 16.9. The number of non-ortho nitro benzene ring substituents is 1. The molecule has 1 fully saturated rings. The lowest BCUT2D eigenvalue weighted by atomic mass is 10.0. The van der Waals surface area contributed by atoms with Gasteiger partial charge in [0.15, 0.2) is 0 Å². The average Bonchev–Trinajstić information content (AvgIpc) is 2.63. The van der Waals surface area contributed by atoms with Gasteiger partial charge in [0.05, 0.1) is 12.0 Å². The van der Waals surface area contributed by atoms with E-state index in [0.717, 1.165) is 23.8 Å². The van der Waals surface area contributed by atoms with Crippen molar-refractivity contribution in [3.63, 3.8) is 0 Å². The van der Waals surface area contributed by atoms with Gasteiger partial charge in [-0.2, -0.15) is 3.71 Å². The number of nitro benzene ring substituents is 1. The van der Waals surface area contributed by atoms with Crippen molar-refractivity contribution in [3.05, 3.63) is 69.8 Å². The number of rotatable bonds is 5. The maximum absolute atomic E-state index is 10.7. The van der Waals surface area contributed by atoms with Crippen molar-refractivity contribution < 1.29 is 9.66 Å². The first-order valence-electron chi connectivity index (χ1n) is 7.56. The predicted octanol–water partition coefficient (Wildman–Crippen LogP) is 4.50. The summed E-state index contributed by atoms with van der Waals surface area (Å²) >= 11 is 3.63. The summed E-state index contributed by atoms with van der Waals surface area (Å²) in [5.74, 6) is 3.27. The Labute approximate surface area is 149 Å². The molecule has 1 aliphatic rings. The molecule has 24 heavy (non-hydrogen) atoms. The summed E-state index contributed by atoms with van der Waals surface area (Å²) in [6, 6.07) is 15.1. The van der Waals surface area contributed by atoms with E-state index in [2.05, 4.69) is 15.8 Å². The summed E-state index contributed by atoms with van der Waals surface area (Å²) in [5.41, 5.74) is 2.57. The summed E-state index contributed by atoms with van der Waals surface area (Å²) in [6.07, 6.45) is 0. The lowest BCUT2D eigenvalue weighted by Crippen LogP contribution is -2.20. The van der Waals surface area contributed by atoms with Crippen LogP contribution in [0.1, 0.15) is 17.0 Å². The number of nitro groups is 1. The first-order valence-corrected chi connectivity index (χ1v) is 9.45. The Morgan fingerprint density at radius 2 is 1.75 bits per heavy atom. The highest BCUT2D eigenvalue weighted by molar-refractivity contribution is 8.12. The van der Waals surface area contributed by atoms with Crippen LogP contribution in [0.2, 0.25) is 0 Å². The zero-order valence-electron chi connectivity index (χ0n) is 13.3. The van der Waals surface area contributed by atoms with Gasteiger partial charge in [-0.3, -0.25) is 10.1 Å². The smallest absolute Gasteiger partial charge is 0.269 e. The molecule has 0 radical (unpaired) electrons. The maximum atomic E-state index is 10.7. The van der Waals surface area contributed by atoms with Crippen molar-refractivity contribution in [3.8, 4) is 5.75 Å². The van der Waals surface area contributed by atoms with Crippen molar-refractivity contribution in [1.29, 1.82) is 0 Å². The molecule has 0 N–H and O–H groups in total. The molecule has 126 valence electrons. The first kappa shape index (κ1) is 17.1. The van der Waals surface area contributed by atoms with E-state index in [1.54, 1.807) is 19.2 Å². The highest BCUT2D eigenvalue weighted by Gasteiger charge is 2.22. The molecule has 0 spiro atoms.